The number of carboxylic acids is 1. The fraction of sp³-hybridized carbons (Fsp3) is 0.100. The Kier molecular flexibility index (Phi) is 4.46. The SMILES string of the molecule is NC(Cc1c(C=C2C(=O)NN=C2c2cccnc2)[nH]c2ccccc12)C(=O)O. The van der Waals surface area contributed by atoms with Crippen LogP contribution in [-0.4, -0.2) is 38.7 Å². The number of hydrazone groups is 1. The van der Waals surface area contributed by atoms with Crippen molar-refractivity contribution in [3.8, 4) is 0 Å². The van der Waals surface area contributed by atoms with Gasteiger partial charge in [0.2, 0.25) is 0 Å². The second-order valence-electron chi connectivity index (χ2n) is 6.41. The van der Waals surface area contributed by atoms with Gasteiger partial charge in [0.15, 0.2) is 0 Å². The van der Waals surface area contributed by atoms with E-state index in [9.17, 15) is 14.7 Å². The lowest BCUT2D eigenvalue weighted by Crippen LogP contribution is -2.32. The van der Waals surface area contributed by atoms with Gasteiger partial charge in [0.25, 0.3) is 5.91 Å². The first-order chi connectivity index (χ1) is 13.5. The van der Waals surface area contributed by atoms with Crippen molar-refractivity contribution >= 4 is 34.6 Å². The molecule has 5 N–H and O–H groups in total. The maximum absolute atomic E-state index is 12.4. The molecule has 4 rings (SSSR count). The molecule has 0 aliphatic carbocycles. The van der Waals surface area contributed by atoms with Crippen molar-refractivity contribution in [2.24, 2.45) is 10.8 Å². The lowest BCUT2D eigenvalue weighted by atomic mass is 9.99. The number of rotatable bonds is 5. The Morgan fingerprint density at radius 2 is 2.07 bits per heavy atom. The summed E-state index contributed by atoms with van der Waals surface area (Å²) in [7, 11) is 0. The third-order valence-electron chi connectivity index (χ3n) is 4.58. The molecule has 1 aliphatic rings. The van der Waals surface area contributed by atoms with Crippen molar-refractivity contribution < 1.29 is 14.7 Å². The van der Waals surface area contributed by atoms with Gasteiger partial charge in [-0.2, -0.15) is 5.10 Å². The van der Waals surface area contributed by atoms with Crippen LogP contribution >= 0.6 is 0 Å². The monoisotopic (exact) mass is 375 g/mol. The normalized spacial score (nSPS) is 16.2. The highest BCUT2D eigenvalue weighted by Crippen LogP contribution is 2.27. The maximum atomic E-state index is 12.4. The van der Waals surface area contributed by atoms with Crippen LogP contribution in [0.15, 0.2) is 59.5 Å². The molecule has 3 aromatic rings. The Morgan fingerprint density at radius 1 is 1.25 bits per heavy atom. The van der Waals surface area contributed by atoms with E-state index in [-0.39, 0.29) is 12.3 Å². The number of aromatic amines is 1. The summed E-state index contributed by atoms with van der Waals surface area (Å²) in [5.41, 5.74) is 12.0. The Labute approximate surface area is 159 Å². The van der Waals surface area contributed by atoms with E-state index >= 15 is 0 Å². The molecular formula is C20H17N5O3. The molecule has 1 atom stereocenters. The number of carbonyl (C=O) groups excluding carboxylic acids is 1. The average Bonchev–Trinajstić information content (AvgIpc) is 3.23. The summed E-state index contributed by atoms with van der Waals surface area (Å²) in [6, 6.07) is 10.0. The number of fused-ring (bicyclic) bond motifs is 1. The molecule has 1 aliphatic heterocycles. The second kappa shape index (κ2) is 7.09. The number of benzene rings is 1. The Morgan fingerprint density at radius 3 is 2.82 bits per heavy atom. The number of para-hydroxylation sites is 1. The highest BCUT2D eigenvalue weighted by atomic mass is 16.4. The number of carboxylic acid groups (broad SMARTS) is 1. The van der Waals surface area contributed by atoms with E-state index in [2.05, 4.69) is 20.5 Å². The van der Waals surface area contributed by atoms with Crippen molar-refractivity contribution in [1.82, 2.24) is 15.4 Å². The summed E-state index contributed by atoms with van der Waals surface area (Å²) in [5.74, 6) is -1.42. The predicted octanol–water partition coefficient (Wildman–Crippen LogP) is 1.43. The number of hydrogen-bond donors (Lipinski definition) is 4. The van der Waals surface area contributed by atoms with Crippen LogP contribution in [0.25, 0.3) is 17.0 Å². The summed E-state index contributed by atoms with van der Waals surface area (Å²) in [5, 5.41) is 14.2. The molecule has 2 aromatic heterocycles. The van der Waals surface area contributed by atoms with Gasteiger partial charge in [-0.25, -0.2) is 5.43 Å². The van der Waals surface area contributed by atoms with Crippen LogP contribution in [-0.2, 0) is 16.0 Å². The fourth-order valence-corrected chi connectivity index (χ4v) is 3.21. The van der Waals surface area contributed by atoms with Crippen molar-refractivity contribution in [2.75, 3.05) is 0 Å². The minimum absolute atomic E-state index is 0.124. The summed E-state index contributed by atoms with van der Waals surface area (Å²) < 4.78 is 0. The van der Waals surface area contributed by atoms with Gasteiger partial charge in [0.05, 0.1) is 5.57 Å². The van der Waals surface area contributed by atoms with Crippen molar-refractivity contribution in [3.05, 3.63) is 71.2 Å². The number of nitrogens with one attached hydrogen (secondary N) is 2. The van der Waals surface area contributed by atoms with Crippen molar-refractivity contribution in [3.63, 3.8) is 0 Å². The Balaban J connectivity index is 1.83. The number of pyridine rings is 1. The third-order valence-corrected chi connectivity index (χ3v) is 4.58. The van der Waals surface area contributed by atoms with Gasteiger partial charge in [-0.15, -0.1) is 0 Å². The van der Waals surface area contributed by atoms with E-state index in [4.69, 9.17) is 5.73 Å². The zero-order valence-electron chi connectivity index (χ0n) is 14.7. The minimum atomic E-state index is -1.08. The first-order valence-electron chi connectivity index (χ1n) is 8.63. The first kappa shape index (κ1) is 17.6. The van der Waals surface area contributed by atoms with Crippen LogP contribution in [0.2, 0.25) is 0 Å². The van der Waals surface area contributed by atoms with Gasteiger partial charge in [0.1, 0.15) is 11.8 Å². The molecule has 1 unspecified atom stereocenters. The number of amides is 1. The number of nitrogens with zero attached hydrogens (tertiary/aromatic N) is 2. The zero-order valence-corrected chi connectivity index (χ0v) is 14.7. The van der Waals surface area contributed by atoms with Gasteiger partial charge < -0.3 is 15.8 Å². The molecule has 3 heterocycles. The average molecular weight is 375 g/mol. The highest BCUT2D eigenvalue weighted by Gasteiger charge is 2.26. The van der Waals surface area contributed by atoms with Crippen LogP contribution in [0.3, 0.4) is 0 Å². The van der Waals surface area contributed by atoms with E-state index < -0.39 is 12.0 Å². The number of aromatic nitrogens is 2. The molecule has 28 heavy (non-hydrogen) atoms. The molecule has 0 spiro atoms. The number of H-pyrrole nitrogens is 1. The van der Waals surface area contributed by atoms with Gasteiger partial charge >= 0.3 is 5.97 Å². The number of hydrogen-bond acceptors (Lipinski definition) is 5. The Bertz CT molecular complexity index is 1130. The minimum Gasteiger partial charge on any atom is -0.480 e. The standard InChI is InChI=1S/C20H17N5O3/c21-15(20(27)28)8-13-12-5-1-2-6-16(12)23-17(13)9-14-18(24-25-19(14)26)11-4-3-7-22-10-11/h1-7,9-10,15,23H,8,21H2,(H,25,26)(H,27,28). The summed E-state index contributed by atoms with van der Waals surface area (Å²) in [6.45, 7) is 0. The van der Waals surface area contributed by atoms with E-state index in [0.717, 1.165) is 16.5 Å². The van der Waals surface area contributed by atoms with Gasteiger partial charge in [-0.1, -0.05) is 18.2 Å². The topological polar surface area (TPSA) is 133 Å². The van der Waals surface area contributed by atoms with Crippen molar-refractivity contribution in [1.29, 1.82) is 0 Å². The molecular weight excluding hydrogens is 358 g/mol. The molecule has 0 radical (unpaired) electrons. The zero-order chi connectivity index (χ0) is 19.7. The number of aliphatic carboxylic acids is 1. The molecule has 0 saturated heterocycles. The largest absolute Gasteiger partial charge is 0.480 e. The lowest BCUT2D eigenvalue weighted by molar-refractivity contribution is -0.138. The molecule has 1 aromatic carbocycles. The molecule has 1 amide bonds. The summed E-state index contributed by atoms with van der Waals surface area (Å²) in [6.07, 6.45) is 5.07. The van der Waals surface area contributed by atoms with E-state index in [1.54, 1.807) is 24.5 Å². The van der Waals surface area contributed by atoms with Gasteiger partial charge in [0, 0.05) is 41.0 Å². The molecule has 0 fully saturated rings. The molecule has 8 heteroatoms. The van der Waals surface area contributed by atoms with Gasteiger partial charge in [-0.3, -0.25) is 14.6 Å². The maximum Gasteiger partial charge on any atom is 0.320 e. The molecule has 0 bridgehead atoms. The smallest absolute Gasteiger partial charge is 0.320 e. The van der Waals surface area contributed by atoms with E-state index in [1.165, 1.54) is 0 Å². The summed E-state index contributed by atoms with van der Waals surface area (Å²) in [4.78, 5) is 31.0. The van der Waals surface area contributed by atoms with Gasteiger partial charge in [-0.05, 0) is 29.8 Å². The molecule has 8 nitrogen and oxygen atoms in total. The highest BCUT2D eigenvalue weighted by molar-refractivity contribution is 6.33. The fourth-order valence-electron chi connectivity index (χ4n) is 3.21. The number of nitrogens with two attached hydrogens (primary N) is 1. The number of carbonyl (C=O) groups is 2. The quantitative estimate of drug-likeness (QED) is 0.501. The van der Waals surface area contributed by atoms with Crippen LogP contribution in [0.4, 0.5) is 0 Å². The Hall–Kier alpha value is -3.78. The third kappa shape index (κ3) is 3.17. The molecule has 0 saturated carbocycles. The predicted molar refractivity (Wildman–Crippen MR) is 105 cm³/mol. The second-order valence-corrected chi connectivity index (χ2v) is 6.41. The van der Waals surface area contributed by atoms with E-state index in [0.29, 0.717) is 22.5 Å². The van der Waals surface area contributed by atoms with Crippen molar-refractivity contribution in [2.45, 2.75) is 12.5 Å². The van der Waals surface area contributed by atoms with Crippen LogP contribution in [0.5, 0.6) is 0 Å². The first-order valence-corrected chi connectivity index (χ1v) is 8.63. The van der Waals surface area contributed by atoms with Crippen LogP contribution in [0.1, 0.15) is 16.8 Å². The molecule has 140 valence electrons. The summed E-state index contributed by atoms with van der Waals surface area (Å²) >= 11 is 0. The lowest BCUT2D eigenvalue weighted by Gasteiger charge is -2.07. The van der Waals surface area contributed by atoms with Crippen LogP contribution < -0.4 is 11.2 Å². The van der Waals surface area contributed by atoms with Crippen LogP contribution in [0, 0.1) is 0 Å². The van der Waals surface area contributed by atoms with E-state index in [1.807, 2.05) is 30.3 Å².